The van der Waals surface area contributed by atoms with Crippen LogP contribution in [0, 0.1) is 24.0 Å². The van der Waals surface area contributed by atoms with Gasteiger partial charge in [-0.15, -0.1) is 0 Å². The van der Waals surface area contributed by atoms with Crippen LogP contribution in [-0.4, -0.2) is 64.4 Å². The second-order valence-corrected chi connectivity index (χ2v) is 8.44. The van der Waals surface area contributed by atoms with Crippen LogP contribution in [0.25, 0.3) is 0 Å². The number of nitro groups is 1. The topological polar surface area (TPSA) is 132 Å². The molecule has 2 aromatic rings. The second kappa shape index (κ2) is 7.36. The van der Waals surface area contributed by atoms with Crippen molar-refractivity contribution in [2.45, 2.75) is 25.2 Å². The minimum Gasteiger partial charge on any atom is -0.395 e. The van der Waals surface area contributed by atoms with Crippen LogP contribution in [0.4, 0.5) is 5.88 Å². The summed E-state index contributed by atoms with van der Waals surface area (Å²) in [5.41, 5.74) is 0.984. The first-order chi connectivity index (χ1) is 13.1. The molecule has 0 saturated carbocycles. The summed E-state index contributed by atoms with van der Waals surface area (Å²) in [6.45, 7) is 4.21. The number of carbonyl (C=O) groups is 1. The van der Waals surface area contributed by atoms with Crippen LogP contribution in [0.5, 0.6) is 0 Å². The van der Waals surface area contributed by atoms with Gasteiger partial charge in [0.2, 0.25) is 10.0 Å². The van der Waals surface area contributed by atoms with Crippen LogP contribution < -0.4 is 0 Å². The van der Waals surface area contributed by atoms with E-state index in [0.717, 1.165) is 6.07 Å². The molecule has 1 aliphatic heterocycles. The third kappa shape index (κ3) is 3.52. The van der Waals surface area contributed by atoms with Crippen molar-refractivity contribution in [3.8, 4) is 0 Å². The summed E-state index contributed by atoms with van der Waals surface area (Å²) in [6.07, 6.45) is 0.437. The molecule has 1 amide bonds. The lowest BCUT2D eigenvalue weighted by Gasteiger charge is -2.21. The first-order valence-corrected chi connectivity index (χ1v) is 10.1. The molecular formula is C16H21N5O6S. The lowest BCUT2D eigenvalue weighted by atomic mass is 10.3. The smallest absolute Gasteiger partial charge is 0.395 e. The molecule has 1 fully saturated rings. The van der Waals surface area contributed by atoms with Crippen LogP contribution in [-0.2, 0) is 17.1 Å². The predicted molar refractivity (Wildman–Crippen MR) is 97.3 cm³/mol. The van der Waals surface area contributed by atoms with Crippen molar-refractivity contribution in [3.05, 3.63) is 39.4 Å². The number of nitrogens with zero attached hydrogens (tertiary/aromatic N) is 5. The molecule has 0 aromatic carbocycles. The van der Waals surface area contributed by atoms with Crippen LogP contribution in [0.1, 0.15) is 28.4 Å². The zero-order valence-electron chi connectivity index (χ0n) is 15.8. The van der Waals surface area contributed by atoms with Gasteiger partial charge in [-0.2, -0.15) is 9.40 Å². The van der Waals surface area contributed by atoms with Gasteiger partial charge in [0.05, 0.1) is 17.5 Å². The van der Waals surface area contributed by atoms with Crippen molar-refractivity contribution in [3.63, 3.8) is 0 Å². The van der Waals surface area contributed by atoms with Gasteiger partial charge in [-0.05, 0) is 26.3 Å². The van der Waals surface area contributed by atoms with Gasteiger partial charge in [0.15, 0.2) is 5.76 Å². The Bertz CT molecular complexity index is 1020. The van der Waals surface area contributed by atoms with Crippen LogP contribution >= 0.6 is 0 Å². The van der Waals surface area contributed by atoms with Crippen LogP contribution in [0.2, 0.25) is 0 Å². The van der Waals surface area contributed by atoms with Gasteiger partial charge in [0.25, 0.3) is 5.91 Å². The maximum atomic E-state index is 13.1. The largest absolute Gasteiger partial charge is 0.433 e. The highest BCUT2D eigenvalue weighted by molar-refractivity contribution is 7.89. The number of amides is 1. The zero-order valence-corrected chi connectivity index (χ0v) is 16.6. The molecule has 0 unspecified atom stereocenters. The standard InChI is InChI=1S/C16H21N5O6S/c1-11-15(12(2)18(3)17-11)28(25,26)20-8-4-7-19(9-10-20)16(22)13-5-6-14(27-13)21(23)24/h5-6H,4,7-10H2,1-3H3. The van der Waals surface area contributed by atoms with E-state index in [1.54, 1.807) is 20.9 Å². The van der Waals surface area contributed by atoms with Crippen molar-refractivity contribution in [1.82, 2.24) is 19.0 Å². The van der Waals surface area contributed by atoms with E-state index >= 15 is 0 Å². The lowest BCUT2D eigenvalue weighted by molar-refractivity contribution is -0.402. The van der Waals surface area contributed by atoms with Crippen LogP contribution in [0.15, 0.2) is 21.4 Å². The minimum atomic E-state index is -3.75. The van der Waals surface area contributed by atoms with Gasteiger partial charge >= 0.3 is 5.88 Å². The second-order valence-electron chi connectivity index (χ2n) is 6.57. The third-order valence-corrected chi connectivity index (χ3v) is 6.92. The first-order valence-electron chi connectivity index (χ1n) is 8.66. The molecule has 28 heavy (non-hydrogen) atoms. The third-order valence-electron chi connectivity index (χ3n) is 4.77. The molecule has 0 N–H and O–H groups in total. The summed E-state index contributed by atoms with van der Waals surface area (Å²) >= 11 is 0. The summed E-state index contributed by atoms with van der Waals surface area (Å²) in [5.74, 6) is -1.15. The normalized spacial score (nSPS) is 16.2. The average Bonchev–Trinajstić information content (AvgIpc) is 3.10. The fourth-order valence-corrected chi connectivity index (χ4v) is 5.16. The Labute approximate surface area is 161 Å². The van der Waals surface area contributed by atoms with E-state index in [-0.39, 0.29) is 30.3 Å². The van der Waals surface area contributed by atoms with Crippen molar-refractivity contribution < 1.29 is 22.6 Å². The van der Waals surface area contributed by atoms with Gasteiger partial charge < -0.3 is 9.32 Å². The Morgan fingerprint density at radius 3 is 2.50 bits per heavy atom. The minimum absolute atomic E-state index is 0.116. The number of sulfonamides is 1. The Morgan fingerprint density at radius 2 is 1.93 bits per heavy atom. The number of carbonyl (C=O) groups excluding carboxylic acids is 1. The fraction of sp³-hybridized carbons (Fsp3) is 0.500. The molecule has 0 aliphatic carbocycles. The highest BCUT2D eigenvalue weighted by Crippen LogP contribution is 2.24. The molecule has 1 aliphatic rings. The Kier molecular flexibility index (Phi) is 5.26. The van der Waals surface area contributed by atoms with E-state index in [2.05, 4.69) is 5.10 Å². The predicted octanol–water partition coefficient (Wildman–Crippen LogP) is 1.07. The van der Waals surface area contributed by atoms with Gasteiger partial charge in [-0.3, -0.25) is 19.6 Å². The Balaban J connectivity index is 1.77. The molecule has 0 atom stereocenters. The maximum Gasteiger partial charge on any atom is 0.433 e. The van der Waals surface area contributed by atoms with Crippen molar-refractivity contribution in [2.75, 3.05) is 26.2 Å². The van der Waals surface area contributed by atoms with E-state index in [1.165, 1.54) is 20.0 Å². The summed E-state index contributed by atoms with van der Waals surface area (Å²) in [7, 11) is -2.06. The number of furan rings is 1. The molecule has 0 radical (unpaired) electrons. The fourth-order valence-electron chi connectivity index (χ4n) is 3.29. The van der Waals surface area contributed by atoms with Crippen molar-refractivity contribution >= 4 is 21.8 Å². The first kappa shape index (κ1) is 20.0. The highest BCUT2D eigenvalue weighted by Gasteiger charge is 2.33. The van der Waals surface area contributed by atoms with Gasteiger partial charge in [-0.25, -0.2) is 8.42 Å². The van der Waals surface area contributed by atoms with Crippen molar-refractivity contribution in [1.29, 1.82) is 0 Å². The number of rotatable bonds is 4. The molecule has 11 nitrogen and oxygen atoms in total. The molecule has 3 rings (SSSR count). The molecule has 12 heteroatoms. The molecule has 2 aromatic heterocycles. The Morgan fingerprint density at radius 1 is 1.21 bits per heavy atom. The summed E-state index contributed by atoms with van der Waals surface area (Å²) in [4.78, 5) is 24.2. The lowest BCUT2D eigenvalue weighted by Crippen LogP contribution is -2.37. The number of aryl methyl sites for hydroxylation is 2. The molecule has 1 saturated heterocycles. The van der Waals surface area contributed by atoms with Crippen LogP contribution in [0.3, 0.4) is 0 Å². The quantitative estimate of drug-likeness (QED) is 0.543. The molecule has 0 bridgehead atoms. The molecular weight excluding hydrogens is 390 g/mol. The van der Waals surface area contributed by atoms with Gasteiger partial charge in [0, 0.05) is 33.2 Å². The Hall–Kier alpha value is -2.73. The monoisotopic (exact) mass is 411 g/mol. The average molecular weight is 411 g/mol. The molecule has 0 spiro atoms. The summed E-state index contributed by atoms with van der Waals surface area (Å²) in [5, 5.41) is 14.9. The van der Waals surface area contributed by atoms with E-state index < -0.39 is 26.7 Å². The maximum absolute atomic E-state index is 13.1. The summed E-state index contributed by atoms with van der Waals surface area (Å²) in [6, 6.07) is 2.37. The van der Waals surface area contributed by atoms with Gasteiger partial charge in [-0.1, -0.05) is 0 Å². The SMILES string of the molecule is Cc1nn(C)c(C)c1S(=O)(=O)N1CCCN(C(=O)c2ccc([N+](=O)[O-])o2)CC1. The number of hydrogen-bond acceptors (Lipinski definition) is 7. The number of hydrogen-bond donors (Lipinski definition) is 0. The van der Waals surface area contributed by atoms with Crippen molar-refractivity contribution in [2.24, 2.45) is 7.05 Å². The zero-order chi connectivity index (χ0) is 20.6. The molecule has 152 valence electrons. The van der Waals surface area contributed by atoms with E-state index in [1.807, 2.05) is 0 Å². The van der Waals surface area contributed by atoms with Gasteiger partial charge in [0.1, 0.15) is 9.82 Å². The number of aromatic nitrogens is 2. The summed E-state index contributed by atoms with van der Waals surface area (Å²) < 4.78 is 34.0. The highest BCUT2D eigenvalue weighted by atomic mass is 32.2. The van der Waals surface area contributed by atoms with E-state index in [0.29, 0.717) is 24.4 Å². The molecule has 3 heterocycles. The van der Waals surface area contributed by atoms with E-state index in [9.17, 15) is 23.3 Å². The van der Waals surface area contributed by atoms with E-state index in [4.69, 9.17) is 4.42 Å².